The van der Waals surface area contributed by atoms with Gasteiger partial charge in [-0.05, 0) is 0 Å². The molecular weight excluding hydrogens is 142 g/mol. The lowest BCUT2D eigenvalue weighted by Crippen LogP contribution is -2.16. The van der Waals surface area contributed by atoms with Crippen LogP contribution in [0.25, 0.3) is 0 Å². The summed E-state index contributed by atoms with van der Waals surface area (Å²) in [4.78, 5) is 16.1. The first kappa shape index (κ1) is 6.34. The van der Waals surface area contributed by atoms with Crippen LogP contribution in [-0.2, 0) is 18.0 Å². The van der Waals surface area contributed by atoms with Gasteiger partial charge in [0.1, 0.15) is 0 Å². The van der Waals surface area contributed by atoms with Gasteiger partial charge in [-0.3, -0.25) is 0 Å². The third-order valence-corrected chi connectivity index (χ3v) is 1.78. The number of hydrogen-bond donors (Lipinski definition) is 0. The number of rotatable bonds is 0. The fourth-order valence-electron chi connectivity index (χ4n) is 1.18. The van der Waals surface area contributed by atoms with Crippen molar-refractivity contribution >= 4 is 0 Å². The lowest BCUT2D eigenvalue weighted by Gasteiger charge is -2.07. The van der Waals surface area contributed by atoms with Gasteiger partial charge in [-0.1, -0.05) is 24.3 Å². The van der Waals surface area contributed by atoms with E-state index in [9.17, 15) is 4.91 Å². The number of fused-ring (bicyclic) bond motifs is 1. The maximum Gasteiger partial charge on any atom is 0.273 e. The Balaban J connectivity index is 2.41. The molecule has 3 heteroatoms. The summed E-state index contributed by atoms with van der Waals surface area (Å²) in [5.41, 5.74) is 2.17. The average molecular weight is 150 g/mol. The molecule has 3 nitrogen and oxygen atoms in total. The van der Waals surface area contributed by atoms with E-state index in [2.05, 4.69) is 0 Å². The van der Waals surface area contributed by atoms with E-state index in [1.54, 1.807) is 0 Å². The molecular formula is C8H8NO2+. The Hall–Kier alpha value is -1.38. The fourth-order valence-corrected chi connectivity index (χ4v) is 1.18. The summed E-state index contributed by atoms with van der Waals surface area (Å²) >= 11 is 0. The van der Waals surface area contributed by atoms with E-state index in [0.29, 0.717) is 18.1 Å². The molecule has 1 aromatic carbocycles. The molecule has 0 N–H and O–H groups in total. The molecule has 0 radical (unpaired) electrons. The van der Waals surface area contributed by atoms with E-state index in [1.807, 2.05) is 24.3 Å². The number of benzene rings is 1. The van der Waals surface area contributed by atoms with Crippen molar-refractivity contribution < 1.29 is 9.76 Å². The minimum absolute atomic E-state index is 0.343. The summed E-state index contributed by atoms with van der Waals surface area (Å²) in [6.07, 6.45) is 0. The maximum atomic E-state index is 10.7. The molecule has 56 valence electrons. The first-order chi connectivity index (χ1) is 5.36. The lowest BCUT2D eigenvalue weighted by molar-refractivity contribution is -0.823. The predicted molar refractivity (Wildman–Crippen MR) is 38.6 cm³/mol. The molecule has 11 heavy (non-hydrogen) atoms. The van der Waals surface area contributed by atoms with Gasteiger partial charge in [0.05, 0.1) is 4.91 Å². The topological polar surface area (TPSA) is 29.3 Å². The van der Waals surface area contributed by atoms with E-state index in [0.717, 1.165) is 11.1 Å². The smallest absolute Gasteiger partial charge is 0.227 e. The van der Waals surface area contributed by atoms with Gasteiger partial charge in [0, 0.05) is 11.1 Å². The molecule has 2 rings (SSSR count). The van der Waals surface area contributed by atoms with E-state index in [4.69, 9.17) is 4.84 Å². The quantitative estimate of drug-likeness (QED) is 0.559. The monoisotopic (exact) mass is 150 g/mol. The van der Waals surface area contributed by atoms with Crippen LogP contribution in [0.5, 0.6) is 0 Å². The van der Waals surface area contributed by atoms with Crippen molar-refractivity contribution in [1.82, 2.24) is 0 Å². The highest BCUT2D eigenvalue weighted by molar-refractivity contribution is 5.25. The van der Waals surface area contributed by atoms with Crippen LogP contribution in [0.1, 0.15) is 11.1 Å². The largest absolute Gasteiger partial charge is 0.273 e. The Morgan fingerprint density at radius 1 is 1.27 bits per heavy atom. The lowest BCUT2D eigenvalue weighted by atomic mass is 10.1. The van der Waals surface area contributed by atoms with Crippen LogP contribution in [0.4, 0.5) is 0 Å². The Morgan fingerprint density at radius 3 is 2.82 bits per heavy atom. The zero-order chi connectivity index (χ0) is 7.68. The molecule has 0 fully saturated rings. The molecule has 1 aromatic rings. The van der Waals surface area contributed by atoms with E-state index in [-0.39, 0.29) is 0 Å². The molecule has 0 bridgehead atoms. The Kier molecular flexibility index (Phi) is 1.35. The minimum Gasteiger partial charge on any atom is -0.227 e. The van der Waals surface area contributed by atoms with Gasteiger partial charge in [0.15, 0.2) is 6.61 Å². The van der Waals surface area contributed by atoms with Gasteiger partial charge in [-0.2, -0.15) is 0 Å². The molecule has 0 saturated heterocycles. The molecule has 0 saturated carbocycles. The van der Waals surface area contributed by atoms with Crippen molar-refractivity contribution in [2.45, 2.75) is 13.2 Å². The predicted octanol–water partition coefficient (Wildman–Crippen LogP) is 1.41. The van der Waals surface area contributed by atoms with Gasteiger partial charge in [0.2, 0.25) is 4.92 Å². The highest BCUT2D eigenvalue weighted by Crippen LogP contribution is 2.15. The third-order valence-electron chi connectivity index (χ3n) is 1.78. The van der Waals surface area contributed by atoms with Crippen LogP contribution in [0.2, 0.25) is 0 Å². The average Bonchev–Trinajstić information content (AvgIpc) is 2.04. The van der Waals surface area contributed by atoms with Crippen LogP contribution in [0.3, 0.4) is 0 Å². The van der Waals surface area contributed by atoms with Crippen LogP contribution >= 0.6 is 0 Å². The summed E-state index contributed by atoms with van der Waals surface area (Å²) in [5, 5.41) is 0. The molecule has 0 spiro atoms. The molecule has 0 atom stereocenters. The van der Waals surface area contributed by atoms with Gasteiger partial charge in [-0.15, -0.1) is 0 Å². The number of hydrogen-bond acceptors (Lipinski definition) is 2. The van der Waals surface area contributed by atoms with Crippen molar-refractivity contribution in [1.29, 1.82) is 0 Å². The Labute approximate surface area is 64.1 Å². The van der Waals surface area contributed by atoms with Crippen LogP contribution < -0.4 is 0 Å². The molecule has 0 amide bonds. The summed E-state index contributed by atoms with van der Waals surface area (Å²) in [6, 6.07) is 7.80. The van der Waals surface area contributed by atoms with Crippen LogP contribution in [-0.4, -0.2) is 4.92 Å². The summed E-state index contributed by atoms with van der Waals surface area (Å²) in [7, 11) is 0. The molecule has 0 unspecified atom stereocenters. The van der Waals surface area contributed by atoms with Crippen molar-refractivity contribution in [3.05, 3.63) is 40.3 Å². The van der Waals surface area contributed by atoms with Crippen molar-refractivity contribution in [3.63, 3.8) is 0 Å². The second-order valence-electron chi connectivity index (χ2n) is 2.53. The van der Waals surface area contributed by atoms with Crippen LogP contribution in [0, 0.1) is 4.91 Å². The van der Waals surface area contributed by atoms with Gasteiger partial charge < -0.3 is 0 Å². The summed E-state index contributed by atoms with van der Waals surface area (Å²) in [5.74, 6) is 0. The number of nitrogens with zero attached hydrogens (tertiary/aromatic N) is 1. The van der Waals surface area contributed by atoms with E-state index >= 15 is 0 Å². The highest BCUT2D eigenvalue weighted by atomic mass is 16.8. The molecule has 1 heterocycles. The normalized spacial score (nSPS) is 15.5. The second kappa shape index (κ2) is 2.34. The highest BCUT2D eigenvalue weighted by Gasteiger charge is 2.21. The Morgan fingerprint density at radius 2 is 2.00 bits per heavy atom. The first-order valence-corrected chi connectivity index (χ1v) is 3.50. The molecule has 1 aliphatic heterocycles. The van der Waals surface area contributed by atoms with E-state index in [1.165, 1.54) is 0 Å². The minimum atomic E-state index is 0.343. The third kappa shape index (κ3) is 1.09. The zero-order valence-electron chi connectivity index (χ0n) is 5.99. The van der Waals surface area contributed by atoms with Crippen molar-refractivity contribution in [2.75, 3.05) is 0 Å². The van der Waals surface area contributed by atoms with Gasteiger partial charge in [0.25, 0.3) is 6.54 Å². The molecule has 0 aromatic heterocycles. The van der Waals surface area contributed by atoms with Crippen molar-refractivity contribution in [2.24, 2.45) is 0 Å². The van der Waals surface area contributed by atoms with Gasteiger partial charge >= 0.3 is 0 Å². The summed E-state index contributed by atoms with van der Waals surface area (Å²) < 4.78 is 0. The standard InChI is InChI=1S/C8H8NO2/c10-9-5-7-3-1-2-4-8(7)6-11-9/h1-4H,5-6H2/q+1. The van der Waals surface area contributed by atoms with Crippen molar-refractivity contribution in [3.8, 4) is 0 Å². The zero-order valence-corrected chi connectivity index (χ0v) is 5.99. The first-order valence-electron chi connectivity index (χ1n) is 3.50. The Bertz CT molecular complexity index is 296. The summed E-state index contributed by atoms with van der Waals surface area (Å²) in [6.45, 7) is 0.746. The van der Waals surface area contributed by atoms with Gasteiger partial charge in [-0.25, -0.2) is 4.84 Å². The SMILES string of the molecule is O=[N+]1Cc2ccccc2CO1. The maximum absolute atomic E-state index is 10.7. The second-order valence-corrected chi connectivity index (χ2v) is 2.53. The van der Waals surface area contributed by atoms with Crippen LogP contribution in [0.15, 0.2) is 24.3 Å². The fraction of sp³-hybridized carbons (Fsp3) is 0.250. The van der Waals surface area contributed by atoms with E-state index < -0.39 is 0 Å². The molecule has 1 aliphatic rings. The molecule has 0 aliphatic carbocycles.